The highest BCUT2D eigenvalue weighted by atomic mass is 16.5. The number of hydrogen-bond donors (Lipinski definition) is 0. The second kappa shape index (κ2) is 9.68. The van der Waals surface area contributed by atoms with Gasteiger partial charge in [-0.2, -0.15) is 0 Å². The zero-order valence-electron chi connectivity index (χ0n) is 22.1. The minimum Gasteiger partial charge on any atom is -0.497 e. The van der Waals surface area contributed by atoms with Gasteiger partial charge in [0.1, 0.15) is 17.5 Å². The number of benzene rings is 2. The second-order valence-corrected chi connectivity index (χ2v) is 9.78. The summed E-state index contributed by atoms with van der Waals surface area (Å²) in [5.74, 6) is 2.79. The Morgan fingerprint density at radius 3 is 2.27 bits per heavy atom. The van der Waals surface area contributed by atoms with Gasteiger partial charge < -0.3 is 33.5 Å². The van der Waals surface area contributed by atoms with E-state index in [9.17, 15) is 9.59 Å². The first-order valence-corrected chi connectivity index (χ1v) is 12.6. The first-order chi connectivity index (χ1) is 17.9. The van der Waals surface area contributed by atoms with E-state index in [-0.39, 0.29) is 18.2 Å². The fraction of sp³-hybridized carbons (Fsp3) is 0.500. The van der Waals surface area contributed by atoms with Gasteiger partial charge in [-0.15, -0.1) is 0 Å². The van der Waals surface area contributed by atoms with Crippen molar-refractivity contribution in [2.24, 2.45) is 0 Å². The van der Waals surface area contributed by atoms with Crippen LogP contribution in [0.3, 0.4) is 0 Å². The predicted octanol–water partition coefficient (Wildman–Crippen LogP) is 2.95. The molecule has 4 heterocycles. The van der Waals surface area contributed by atoms with Gasteiger partial charge in [-0.25, -0.2) is 0 Å². The molecule has 2 aromatic rings. The van der Waals surface area contributed by atoms with Crippen LogP contribution in [-0.4, -0.2) is 76.3 Å². The van der Waals surface area contributed by atoms with E-state index in [1.54, 1.807) is 52.6 Å². The van der Waals surface area contributed by atoms with Gasteiger partial charge in [0.25, 0.3) is 0 Å². The van der Waals surface area contributed by atoms with Crippen LogP contribution in [0, 0.1) is 0 Å². The van der Waals surface area contributed by atoms with Crippen molar-refractivity contribution in [1.29, 1.82) is 0 Å². The molecule has 3 fully saturated rings. The lowest BCUT2D eigenvalue weighted by atomic mass is 9.76. The number of piperazine rings is 1. The summed E-state index contributed by atoms with van der Waals surface area (Å²) < 4.78 is 27.7. The van der Waals surface area contributed by atoms with Crippen LogP contribution in [-0.2, 0) is 28.0 Å². The maximum absolute atomic E-state index is 13.8. The Bertz CT molecular complexity index is 1190. The van der Waals surface area contributed by atoms with Crippen LogP contribution in [0.2, 0.25) is 0 Å². The summed E-state index contributed by atoms with van der Waals surface area (Å²) in [5, 5.41) is 0. The number of hydrogen-bond acceptors (Lipinski definition) is 7. The minimum atomic E-state index is -0.625. The van der Waals surface area contributed by atoms with E-state index in [0.717, 1.165) is 41.7 Å². The van der Waals surface area contributed by atoms with Crippen molar-refractivity contribution in [2.45, 2.75) is 43.7 Å². The van der Waals surface area contributed by atoms with Crippen LogP contribution in [0.25, 0.3) is 0 Å². The normalized spacial score (nSPS) is 22.1. The Morgan fingerprint density at radius 1 is 0.946 bits per heavy atom. The smallest absolute Gasteiger partial charge is 0.246 e. The van der Waals surface area contributed by atoms with Crippen molar-refractivity contribution >= 4 is 11.8 Å². The van der Waals surface area contributed by atoms with Crippen molar-refractivity contribution in [2.75, 3.05) is 48.6 Å². The minimum absolute atomic E-state index is 0.0190. The first-order valence-electron chi connectivity index (χ1n) is 12.6. The van der Waals surface area contributed by atoms with Gasteiger partial charge in [-0.1, -0.05) is 0 Å². The molecule has 9 nitrogen and oxygen atoms in total. The van der Waals surface area contributed by atoms with Gasteiger partial charge in [-0.3, -0.25) is 9.59 Å². The van der Waals surface area contributed by atoms with Crippen LogP contribution in [0.1, 0.15) is 36.0 Å². The molecule has 0 aliphatic carbocycles. The van der Waals surface area contributed by atoms with E-state index >= 15 is 0 Å². The van der Waals surface area contributed by atoms with Crippen molar-refractivity contribution in [1.82, 2.24) is 9.80 Å². The number of amides is 2. The van der Waals surface area contributed by atoms with Gasteiger partial charge in [0.15, 0.2) is 11.5 Å². The molecule has 2 atom stereocenters. The molecule has 1 spiro atoms. The van der Waals surface area contributed by atoms with Crippen molar-refractivity contribution in [3.8, 4) is 28.7 Å². The molecule has 2 aromatic carbocycles. The molecule has 0 N–H and O–H groups in total. The number of rotatable bonds is 7. The molecule has 37 heavy (non-hydrogen) atoms. The fourth-order valence-electron chi connectivity index (χ4n) is 6.40. The van der Waals surface area contributed by atoms with E-state index in [4.69, 9.17) is 23.7 Å². The maximum Gasteiger partial charge on any atom is 0.246 e. The third kappa shape index (κ3) is 3.91. The van der Waals surface area contributed by atoms with E-state index in [0.29, 0.717) is 42.5 Å². The Hall–Kier alpha value is -3.62. The molecule has 4 aliphatic rings. The average Bonchev–Trinajstić information content (AvgIpc) is 3.20. The molecular weight excluding hydrogens is 476 g/mol. The monoisotopic (exact) mass is 510 g/mol. The summed E-state index contributed by atoms with van der Waals surface area (Å²) in [6.07, 6.45) is 3.10. The number of carbonyl (C=O) groups excluding carboxylic acids is 2. The van der Waals surface area contributed by atoms with Crippen molar-refractivity contribution < 1.29 is 33.3 Å². The highest BCUT2D eigenvalue weighted by molar-refractivity contribution is 5.91. The largest absolute Gasteiger partial charge is 0.497 e. The molecule has 198 valence electrons. The number of carbonyl (C=O) groups is 2. The molecule has 0 radical (unpaired) electrons. The van der Waals surface area contributed by atoms with Gasteiger partial charge in [0, 0.05) is 24.7 Å². The quantitative estimate of drug-likeness (QED) is 0.566. The Morgan fingerprint density at radius 2 is 1.65 bits per heavy atom. The molecule has 3 saturated heterocycles. The molecule has 0 saturated carbocycles. The zero-order valence-corrected chi connectivity index (χ0v) is 22.1. The van der Waals surface area contributed by atoms with E-state index in [2.05, 4.69) is 0 Å². The third-order valence-corrected chi connectivity index (χ3v) is 8.03. The van der Waals surface area contributed by atoms with E-state index in [1.165, 1.54) is 0 Å². The summed E-state index contributed by atoms with van der Waals surface area (Å²) in [7, 11) is 7.92. The average molecular weight is 511 g/mol. The lowest BCUT2D eigenvalue weighted by Crippen LogP contribution is -2.68. The van der Waals surface area contributed by atoms with Crippen LogP contribution < -0.4 is 23.7 Å². The fourth-order valence-corrected chi connectivity index (χ4v) is 6.40. The van der Waals surface area contributed by atoms with Crippen LogP contribution in [0.15, 0.2) is 24.3 Å². The highest BCUT2D eigenvalue weighted by Crippen LogP contribution is 2.51. The second-order valence-electron chi connectivity index (χ2n) is 9.78. The van der Waals surface area contributed by atoms with Crippen molar-refractivity contribution in [3.63, 3.8) is 0 Å². The molecule has 6 rings (SSSR count). The van der Waals surface area contributed by atoms with Crippen LogP contribution in [0.4, 0.5) is 0 Å². The molecule has 0 aromatic heterocycles. The Labute approximate surface area is 217 Å². The van der Waals surface area contributed by atoms with Crippen LogP contribution in [0.5, 0.6) is 28.7 Å². The molecule has 2 amide bonds. The number of fused-ring (bicyclic) bond motifs is 4. The van der Waals surface area contributed by atoms with Gasteiger partial charge in [-0.05, 0) is 55.0 Å². The SMILES string of the molecule is COc1cc2c(c(OC)c1)C13CCCC(C(=O)N1CC2)N(C(=O)Cc1cc(OC)c(OC)c(OC)c1)C3. The first kappa shape index (κ1) is 25.0. The topological polar surface area (TPSA) is 86.8 Å². The highest BCUT2D eigenvalue weighted by Gasteiger charge is 2.56. The molecule has 4 aliphatic heterocycles. The maximum atomic E-state index is 13.8. The molecular formula is C28H34N2O7. The number of methoxy groups -OCH3 is 5. The van der Waals surface area contributed by atoms with Gasteiger partial charge in [0.2, 0.25) is 17.6 Å². The lowest BCUT2D eigenvalue weighted by molar-refractivity contribution is -0.161. The molecule has 2 unspecified atom stereocenters. The zero-order chi connectivity index (χ0) is 26.3. The Balaban J connectivity index is 1.53. The van der Waals surface area contributed by atoms with Gasteiger partial charge in [0.05, 0.1) is 47.5 Å². The summed E-state index contributed by atoms with van der Waals surface area (Å²) in [5.41, 5.74) is 2.21. The summed E-state index contributed by atoms with van der Waals surface area (Å²) in [4.78, 5) is 31.5. The summed E-state index contributed by atoms with van der Waals surface area (Å²) in [6, 6.07) is 7.02. The van der Waals surface area contributed by atoms with E-state index < -0.39 is 11.6 Å². The van der Waals surface area contributed by atoms with Crippen molar-refractivity contribution in [3.05, 3.63) is 41.0 Å². The third-order valence-electron chi connectivity index (χ3n) is 8.03. The lowest BCUT2D eigenvalue weighted by Gasteiger charge is -2.54. The molecule has 2 bridgehead atoms. The Kier molecular flexibility index (Phi) is 6.56. The van der Waals surface area contributed by atoms with E-state index in [1.807, 2.05) is 17.0 Å². The van der Waals surface area contributed by atoms with Gasteiger partial charge >= 0.3 is 0 Å². The number of nitrogens with zero attached hydrogens (tertiary/aromatic N) is 2. The predicted molar refractivity (Wildman–Crippen MR) is 136 cm³/mol. The standard InChI is InChI=1S/C28H34N2O7/c1-33-19-14-18-8-10-30-27(32)20-7-6-9-28(30,25(18)21(15-19)34-2)16-29(20)24(31)13-17-11-22(35-3)26(37-5)23(12-17)36-4/h11-12,14-15,20H,6-10,13,16H2,1-5H3. The summed E-state index contributed by atoms with van der Waals surface area (Å²) >= 11 is 0. The summed E-state index contributed by atoms with van der Waals surface area (Å²) in [6.45, 7) is 1.05. The molecule has 9 heteroatoms. The van der Waals surface area contributed by atoms with Crippen LogP contribution >= 0.6 is 0 Å². The number of ether oxygens (including phenoxy) is 5.